The van der Waals surface area contributed by atoms with Gasteiger partial charge < -0.3 is 64.2 Å². The third kappa shape index (κ3) is 19.7. The Kier molecular flexibility index (Phi) is 22.5. The van der Waals surface area contributed by atoms with Crippen LogP contribution in [0, 0.1) is 5.92 Å². The summed E-state index contributed by atoms with van der Waals surface area (Å²) in [6, 6.07) is 9.13. The minimum atomic E-state index is -1.55. The maximum absolute atomic E-state index is 14.3. The van der Waals surface area contributed by atoms with E-state index in [0.717, 1.165) is 12.5 Å². The fourth-order valence-corrected chi connectivity index (χ4v) is 7.65. The van der Waals surface area contributed by atoms with Gasteiger partial charge in [-0.1, -0.05) is 74.5 Å². The molecule has 7 atom stereocenters. The maximum atomic E-state index is 14.3. The molecule has 2 aliphatic heterocycles. The summed E-state index contributed by atoms with van der Waals surface area (Å²) in [5.41, 5.74) is 18.0. The van der Waals surface area contributed by atoms with Crippen LogP contribution in [0.4, 0.5) is 0 Å². The number of aliphatic imine (C=N–C) groups is 1. The Labute approximate surface area is 399 Å². The summed E-state index contributed by atoms with van der Waals surface area (Å²) < 4.78 is 0. The lowest BCUT2D eigenvalue weighted by atomic mass is 10.00. The number of carboxylic acid groups (broad SMARTS) is 2. The van der Waals surface area contributed by atoms with E-state index in [4.69, 9.17) is 27.1 Å². The topological polar surface area (TPSA) is 377 Å². The lowest BCUT2D eigenvalue weighted by molar-refractivity contribution is -0.146. The molecule has 2 aliphatic rings. The van der Waals surface area contributed by atoms with Crippen molar-refractivity contribution < 1.29 is 58.2 Å². The highest BCUT2D eigenvalue weighted by Crippen LogP contribution is 2.21. The number of benzene rings is 2. The number of hydrogen-bond donors (Lipinski definition) is 11. The number of primary amides is 1. The van der Waals surface area contributed by atoms with Gasteiger partial charge >= 0.3 is 5.97 Å². The van der Waals surface area contributed by atoms with Crippen molar-refractivity contribution in [3.05, 3.63) is 71.8 Å². The van der Waals surface area contributed by atoms with Gasteiger partial charge in [-0.25, -0.2) is 0 Å². The Balaban J connectivity index is 0.00000303. The number of carbonyl (C=O) groups is 10. The molecule has 376 valence electrons. The molecule has 2 aromatic rings. The Hall–Kier alpha value is -7.59. The van der Waals surface area contributed by atoms with Crippen LogP contribution in [0.25, 0.3) is 0 Å². The van der Waals surface area contributed by atoms with E-state index in [-0.39, 0.29) is 82.2 Å². The zero-order valence-corrected chi connectivity index (χ0v) is 39.0. The van der Waals surface area contributed by atoms with Gasteiger partial charge in [-0.2, -0.15) is 0 Å². The number of likely N-dealkylation sites (tertiary alicyclic amines) is 1. The summed E-state index contributed by atoms with van der Waals surface area (Å²) >= 11 is 0. The van der Waals surface area contributed by atoms with Crippen molar-refractivity contribution in [2.24, 2.45) is 28.1 Å². The predicted molar refractivity (Wildman–Crippen MR) is 250 cm³/mol. The highest BCUT2D eigenvalue weighted by Gasteiger charge is 2.41. The van der Waals surface area contributed by atoms with Gasteiger partial charge in [-0.05, 0) is 55.6 Å². The van der Waals surface area contributed by atoms with Crippen molar-refractivity contribution in [2.45, 2.75) is 127 Å². The zero-order chi connectivity index (χ0) is 51.2. The van der Waals surface area contributed by atoms with E-state index >= 15 is 0 Å². The molecule has 0 aromatic heterocycles. The van der Waals surface area contributed by atoms with E-state index in [9.17, 15) is 48.3 Å². The Morgan fingerprint density at radius 1 is 0.725 bits per heavy atom. The van der Waals surface area contributed by atoms with E-state index in [1.165, 1.54) is 4.90 Å². The first-order valence-corrected chi connectivity index (χ1v) is 22.6. The summed E-state index contributed by atoms with van der Waals surface area (Å²) in [5, 5.41) is 32.8. The summed E-state index contributed by atoms with van der Waals surface area (Å²) in [5.74, 6) is -8.15. The smallest absolute Gasteiger partial charge is 0.305 e. The van der Waals surface area contributed by atoms with Gasteiger partial charge in [-0.15, -0.1) is 0 Å². The largest absolute Gasteiger partial charge is 0.481 e. The van der Waals surface area contributed by atoms with E-state index in [0.29, 0.717) is 12.0 Å². The Bertz CT molecular complexity index is 2150. The van der Waals surface area contributed by atoms with Crippen LogP contribution in [-0.2, 0) is 60.8 Å². The number of hydrogen-bond acceptors (Lipinski definition) is 11. The molecular formula is C46H65N11O12. The van der Waals surface area contributed by atoms with E-state index in [2.05, 4.69) is 36.9 Å². The highest BCUT2D eigenvalue weighted by atomic mass is 16.4. The van der Waals surface area contributed by atoms with Crippen LogP contribution >= 0.6 is 0 Å². The van der Waals surface area contributed by atoms with Gasteiger partial charge in [0.1, 0.15) is 42.3 Å². The summed E-state index contributed by atoms with van der Waals surface area (Å²) in [4.78, 5) is 133. The molecule has 14 N–H and O–H groups in total. The molecule has 0 radical (unpaired) electrons. The zero-order valence-electron chi connectivity index (χ0n) is 39.0. The number of nitrogens with two attached hydrogens (primary N) is 3. The minimum absolute atomic E-state index is 0.0327. The van der Waals surface area contributed by atoms with Crippen LogP contribution in [0.3, 0.4) is 0 Å². The lowest BCUT2D eigenvalue weighted by Gasteiger charge is -2.30. The number of guanidine groups is 1. The second-order valence-corrected chi connectivity index (χ2v) is 17.1. The number of carboxylic acids is 2. The SMILES string of the molecule is CC(=O)O.CC(C)CC(NC(=O)C(Cc1ccccc1)NC(=O)C1CCCN1C(=O)C(CC(=O)O)NC(=O)C1CCC(=O)N1)C(=O)NC(CCCN=C(N)N)C(=O)NC(Cc1ccccc1)C(N)=O. The fraction of sp³-hybridized carbons (Fsp3) is 0.500. The molecule has 4 rings (SSSR count). The van der Waals surface area contributed by atoms with Crippen molar-refractivity contribution in [3.63, 3.8) is 0 Å². The number of aliphatic carboxylic acids is 2. The summed E-state index contributed by atoms with van der Waals surface area (Å²) in [6.45, 7) is 4.91. The molecule has 2 heterocycles. The van der Waals surface area contributed by atoms with Gasteiger partial charge in [0.2, 0.25) is 47.3 Å². The van der Waals surface area contributed by atoms with Gasteiger partial charge in [0.15, 0.2) is 5.96 Å². The monoisotopic (exact) mass is 963 g/mol. The van der Waals surface area contributed by atoms with E-state index in [1.54, 1.807) is 60.7 Å². The van der Waals surface area contributed by atoms with Crippen LogP contribution in [0.1, 0.15) is 83.3 Å². The average Bonchev–Trinajstić information content (AvgIpc) is 3.96. The molecule has 0 aliphatic carbocycles. The maximum Gasteiger partial charge on any atom is 0.305 e. The van der Waals surface area contributed by atoms with E-state index in [1.807, 2.05) is 13.8 Å². The third-order valence-electron chi connectivity index (χ3n) is 10.9. The molecule has 69 heavy (non-hydrogen) atoms. The quantitative estimate of drug-likeness (QED) is 0.0318. The Morgan fingerprint density at radius 2 is 1.25 bits per heavy atom. The molecule has 7 unspecified atom stereocenters. The molecule has 8 amide bonds. The molecule has 2 fully saturated rings. The number of nitrogens with one attached hydrogen (secondary N) is 6. The first-order valence-electron chi connectivity index (χ1n) is 22.6. The normalized spacial score (nSPS) is 17.2. The lowest BCUT2D eigenvalue weighted by Crippen LogP contribution is -2.60. The molecule has 23 heteroatoms. The van der Waals surface area contributed by atoms with E-state index < -0.39 is 102 Å². The van der Waals surface area contributed by atoms with Gasteiger partial charge in [-0.3, -0.25) is 52.9 Å². The number of amides is 8. The molecular weight excluding hydrogens is 899 g/mol. The van der Waals surface area contributed by atoms with Gasteiger partial charge in [0.25, 0.3) is 5.97 Å². The van der Waals surface area contributed by atoms with Gasteiger partial charge in [0, 0.05) is 39.3 Å². The highest BCUT2D eigenvalue weighted by molar-refractivity contribution is 5.99. The third-order valence-corrected chi connectivity index (χ3v) is 10.9. The average molecular weight is 964 g/mol. The standard InChI is InChI=1S/C44H61N11O10.C2H4O2/c1-25(2)21-31(40(62)50-28(15-9-19-48-44(46)47)38(60)51-30(37(45)59)22-26-11-5-3-6-12-26)52-41(63)32(23-27-13-7-4-8-14-27)53-42(64)34-16-10-20-55(34)43(65)33(24-36(57)58)54-39(61)29-17-18-35(56)49-29;1-2(3)4/h3-8,11-14,25,28-34H,9-10,15-24H2,1-2H3,(H2,45,59)(H,49,56)(H,50,62)(H,51,60)(H,52,63)(H,53,64)(H,54,61)(H,57,58)(H4,46,47,48);1H3,(H,3,4). The second-order valence-electron chi connectivity index (χ2n) is 17.1. The minimum Gasteiger partial charge on any atom is -0.481 e. The predicted octanol–water partition coefficient (Wildman–Crippen LogP) is -1.68. The molecule has 23 nitrogen and oxygen atoms in total. The van der Waals surface area contributed by atoms with Crippen molar-refractivity contribution in [3.8, 4) is 0 Å². The Morgan fingerprint density at radius 3 is 1.77 bits per heavy atom. The molecule has 0 spiro atoms. The van der Waals surface area contributed by atoms with Crippen LogP contribution in [0.2, 0.25) is 0 Å². The molecule has 2 aromatic carbocycles. The van der Waals surface area contributed by atoms with Crippen LogP contribution in [0.15, 0.2) is 65.7 Å². The van der Waals surface area contributed by atoms with Crippen molar-refractivity contribution in [1.82, 2.24) is 36.8 Å². The summed E-state index contributed by atoms with van der Waals surface area (Å²) in [6.07, 6.45) is 0.432. The summed E-state index contributed by atoms with van der Waals surface area (Å²) in [7, 11) is 0. The van der Waals surface area contributed by atoms with Crippen molar-refractivity contribution in [1.29, 1.82) is 0 Å². The second kappa shape index (κ2) is 27.9. The van der Waals surface area contributed by atoms with Crippen molar-refractivity contribution in [2.75, 3.05) is 13.1 Å². The molecule has 0 saturated carbocycles. The number of nitrogens with zero attached hydrogens (tertiary/aromatic N) is 2. The van der Waals surface area contributed by atoms with Crippen LogP contribution in [-0.4, -0.2) is 136 Å². The van der Waals surface area contributed by atoms with Crippen LogP contribution < -0.4 is 49.1 Å². The molecule has 2 saturated heterocycles. The molecule has 0 bridgehead atoms. The number of carbonyl (C=O) groups excluding carboxylic acids is 8. The van der Waals surface area contributed by atoms with Crippen molar-refractivity contribution >= 4 is 65.2 Å². The fourth-order valence-electron chi connectivity index (χ4n) is 7.65. The van der Waals surface area contributed by atoms with Crippen LogP contribution in [0.5, 0.6) is 0 Å². The first-order chi connectivity index (χ1) is 32.6. The first kappa shape index (κ1) is 55.7. The number of rotatable bonds is 24. The van der Waals surface area contributed by atoms with Gasteiger partial charge in [0.05, 0.1) is 6.42 Å².